The predicted molar refractivity (Wildman–Crippen MR) is 54.4 cm³/mol. The van der Waals surface area contributed by atoms with Gasteiger partial charge < -0.3 is 14.8 Å². The molecular formula is C10H13N3O4. The number of methoxy groups -OCH3 is 2. The fourth-order valence-electron chi connectivity index (χ4n) is 3.53. The van der Waals surface area contributed by atoms with Gasteiger partial charge in [0.25, 0.3) is 0 Å². The number of carbonyl (C=O) groups excluding carboxylic acids is 2. The van der Waals surface area contributed by atoms with Crippen molar-refractivity contribution < 1.29 is 19.1 Å². The largest absolute Gasteiger partial charge is 0.453 e. The monoisotopic (exact) mass is 239 g/mol. The number of rotatable bonds is 0. The summed E-state index contributed by atoms with van der Waals surface area (Å²) in [6.07, 6.45) is -0.602. The first-order valence-corrected chi connectivity index (χ1v) is 5.69. The Bertz CT molecular complexity index is 390. The Morgan fingerprint density at radius 3 is 1.65 bits per heavy atom. The van der Waals surface area contributed by atoms with Crippen molar-refractivity contribution in [3.63, 3.8) is 0 Å². The first-order valence-electron chi connectivity index (χ1n) is 5.69. The third-order valence-corrected chi connectivity index (χ3v) is 4.32. The predicted octanol–water partition coefficient (Wildman–Crippen LogP) is -1.02. The van der Waals surface area contributed by atoms with Crippen molar-refractivity contribution >= 4 is 12.2 Å². The Morgan fingerprint density at radius 1 is 0.882 bits per heavy atom. The van der Waals surface area contributed by atoms with Crippen molar-refractivity contribution in [3.8, 4) is 0 Å². The van der Waals surface area contributed by atoms with Crippen molar-refractivity contribution in [2.24, 2.45) is 0 Å². The fraction of sp³-hybridized carbons (Fsp3) is 0.800. The molecule has 0 radical (unpaired) electrons. The topological polar surface area (TPSA) is 80.6 Å². The molecule has 1 N–H and O–H groups in total. The smallest absolute Gasteiger partial charge is 0.410 e. The van der Waals surface area contributed by atoms with Gasteiger partial charge in [-0.05, 0) is 0 Å². The first kappa shape index (κ1) is 9.52. The van der Waals surface area contributed by atoms with E-state index in [0.717, 1.165) is 0 Å². The zero-order chi connectivity index (χ0) is 11.9. The molecule has 7 heteroatoms. The van der Waals surface area contributed by atoms with Gasteiger partial charge in [-0.2, -0.15) is 0 Å². The molecule has 3 saturated heterocycles. The highest BCUT2D eigenvalue weighted by Gasteiger charge is 2.81. The van der Waals surface area contributed by atoms with Crippen molar-refractivity contribution in [1.29, 1.82) is 0 Å². The molecule has 4 aliphatic rings. The minimum Gasteiger partial charge on any atom is -0.453 e. The SMILES string of the molecule is COC(=O)N1[C@H]2[C@@H]3[C@H]([C@H]4N[C@H]4[C@H]21)N3C(=O)OC. The molecule has 0 spiro atoms. The first-order chi connectivity index (χ1) is 8.20. The van der Waals surface area contributed by atoms with Gasteiger partial charge in [0.1, 0.15) is 0 Å². The maximum Gasteiger partial charge on any atom is 0.410 e. The highest BCUT2D eigenvalue weighted by Crippen LogP contribution is 2.57. The third-order valence-electron chi connectivity index (χ3n) is 4.32. The average Bonchev–Trinajstić information content (AvgIpc) is 3.18. The van der Waals surface area contributed by atoms with Gasteiger partial charge in [-0.15, -0.1) is 0 Å². The van der Waals surface area contributed by atoms with Crippen LogP contribution in [-0.2, 0) is 9.47 Å². The summed E-state index contributed by atoms with van der Waals surface area (Å²) < 4.78 is 9.49. The summed E-state index contributed by atoms with van der Waals surface area (Å²) >= 11 is 0. The highest BCUT2D eigenvalue weighted by molar-refractivity contribution is 5.78. The Morgan fingerprint density at radius 2 is 1.29 bits per heavy atom. The summed E-state index contributed by atoms with van der Waals surface area (Å²) in [5.74, 6) is 0. The van der Waals surface area contributed by atoms with Crippen LogP contribution in [0.3, 0.4) is 0 Å². The van der Waals surface area contributed by atoms with Crippen LogP contribution in [0.2, 0.25) is 0 Å². The van der Waals surface area contributed by atoms with E-state index in [2.05, 4.69) is 5.32 Å². The molecule has 0 bridgehead atoms. The van der Waals surface area contributed by atoms with E-state index < -0.39 is 0 Å². The Hall–Kier alpha value is -1.50. The maximum atomic E-state index is 11.6. The van der Waals surface area contributed by atoms with Crippen LogP contribution in [0.4, 0.5) is 9.59 Å². The van der Waals surface area contributed by atoms with E-state index in [-0.39, 0.29) is 36.4 Å². The number of carbonyl (C=O) groups is 2. The Balaban J connectivity index is 1.58. The van der Waals surface area contributed by atoms with Gasteiger partial charge in [0, 0.05) is 12.1 Å². The second-order valence-corrected chi connectivity index (χ2v) is 4.94. The molecule has 92 valence electrons. The lowest BCUT2D eigenvalue weighted by molar-refractivity contribution is 0.143. The summed E-state index contributed by atoms with van der Waals surface area (Å²) in [5, 5.41) is 3.33. The zero-order valence-corrected chi connectivity index (χ0v) is 9.49. The van der Waals surface area contributed by atoms with E-state index >= 15 is 0 Å². The Kier molecular flexibility index (Phi) is 1.49. The van der Waals surface area contributed by atoms with Crippen molar-refractivity contribution in [1.82, 2.24) is 15.1 Å². The quantitative estimate of drug-likeness (QED) is 0.547. The molecule has 4 fully saturated rings. The number of amides is 2. The number of hydrogen-bond acceptors (Lipinski definition) is 5. The lowest BCUT2D eigenvalue weighted by atomic mass is 10.0. The van der Waals surface area contributed by atoms with Crippen LogP contribution in [0, 0.1) is 0 Å². The number of nitrogens with zero attached hydrogens (tertiary/aromatic N) is 2. The molecule has 2 amide bonds. The van der Waals surface area contributed by atoms with E-state index in [0.29, 0.717) is 12.1 Å². The number of likely N-dealkylation sites (tertiary alicyclic amines) is 2. The van der Waals surface area contributed by atoms with Gasteiger partial charge in [-0.1, -0.05) is 0 Å². The summed E-state index contributed by atoms with van der Waals surface area (Å²) in [6, 6.07) is 1.28. The number of nitrogens with one attached hydrogen (secondary N) is 1. The van der Waals surface area contributed by atoms with Crippen LogP contribution in [-0.4, -0.2) is 72.5 Å². The van der Waals surface area contributed by atoms with Crippen molar-refractivity contribution in [3.05, 3.63) is 0 Å². The standard InChI is InChI=1S/C10H13N3O4/c1-16-9(14)12-5-3-4(11-3)6-8(7(5)12)13(6)10(15)17-2/h3-8,11H,1-2H3/t3-,4+,5-,6+,7-,8+,12?,13?. The number of ether oxygens (including phenoxy) is 2. The lowest BCUT2D eigenvalue weighted by Crippen LogP contribution is -2.20. The normalized spacial score (nSPS) is 47.4. The van der Waals surface area contributed by atoms with Gasteiger partial charge >= 0.3 is 12.2 Å². The molecule has 3 aliphatic heterocycles. The number of hydrogen-bond donors (Lipinski definition) is 1. The van der Waals surface area contributed by atoms with E-state index in [9.17, 15) is 9.59 Å². The molecule has 0 unspecified atom stereocenters. The van der Waals surface area contributed by atoms with Gasteiger partial charge in [0.15, 0.2) is 0 Å². The summed E-state index contributed by atoms with van der Waals surface area (Å²) in [6.45, 7) is 0. The van der Waals surface area contributed by atoms with Gasteiger partial charge in [-0.3, -0.25) is 9.80 Å². The minimum absolute atomic E-state index is 0.114. The summed E-state index contributed by atoms with van der Waals surface area (Å²) in [7, 11) is 2.76. The van der Waals surface area contributed by atoms with Crippen LogP contribution in [0.5, 0.6) is 0 Å². The fourth-order valence-corrected chi connectivity index (χ4v) is 3.53. The second kappa shape index (κ2) is 2.66. The van der Waals surface area contributed by atoms with E-state index in [1.807, 2.05) is 0 Å². The van der Waals surface area contributed by atoms with E-state index in [1.54, 1.807) is 9.80 Å². The molecule has 3 heterocycles. The molecule has 0 aromatic carbocycles. The zero-order valence-electron chi connectivity index (χ0n) is 9.49. The van der Waals surface area contributed by atoms with Crippen LogP contribution in [0.25, 0.3) is 0 Å². The molecule has 0 aromatic heterocycles. The van der Waals surface area contributed by atoms with Gasteiger partial charge in [0.2, 0.25) is 0 Å². The molecular weight excluding hydrogens is 226 g/mol. The molecule has 17 heavy (non-hydrogen) atoms. The molecule has 1 aliphatic carbocycles. The molecule has 6 atom stereocenters. The van der Waals surface area contributed by atoms with Gasteiger partial charge in [0.05, 0.1) is 38.4 Å². The van der Waals surface area contributed by atoms with E-state index in [4.69, 9.17) is 9.47 Å². The maximum absolute atomic E-state index is 11.6. The van der Waals surface area contributed by atoms with Crippen LogP contribution in [0.15, 0.2) is 0 Å². The van der Waals surface area contributed by atoms with Crippen LogP contribution < -0.4 is 5.32 Å². The molecule has 7 nitrogen and oxygen atoms in total. The van der Waals surface area contributed by atoms with Crippen molar-refractivity contribution in [2.75, 3.05) is 14.2 Å². The highest BCUT2D eigenvalue weighted by atomic mass is 16.6. The molecule has 0 aromatic rings. The van der Waals surface area contributed by atoms with Gasteiger partial charge in [-0.25, -0.2) is 9.59 Å². The molecule has 1 saturated carbocycles. The molecule has 4 rings (SSSR count). The third kappa shape index (κ3) is 0.963. The summed E-state index contributed by atoms with van der Waals surface area (Å²) in [5.41, 5.74) is 0. The second-order valence-electron chi connectivity index (χ2n) is 4.94. The van der Waals surface area contributed by atoms with Crippen molar-refractivity contribution in [2.45, 2.75) is 36.3 Å². The van der Waals surface area contributed by atoms with Crippen LogP contribution >= 0.6 is 0 Å². The van der Waals surface area contributed by atoms with E-state index in [1.165, 1.54) is 14.2 Å². The lowest BCUT2D eigenvalue weighted by Gasteiger charge is -2.03. The Labute approximate surface area is 97.6 Å². The summed E-state index contributed by atoms with van der Waals surface area (Å²) in [4.78, 5) is 26.6. The average molecular weight is 239 g/mol. The minimum atomic E-state index is -0.301. The van der Waals surface area contributed by atoms with Crippen LogP contribution in [0.1, 0.15) is 0 Å². The number of fused-ring (bicyclic) bond motifs is 6.